The molecule has 0 bridgehead atoms. The fraction of sp³-hybridized carbons (Fsp3) is 0.462. The number of nitrogen functional groups attached to an aromatic ring is 1. The predicted molar refractivity (Wildman–Crippen MR) is 78.2 cm³/mol. The number of amides is 1. The summed E-state index contributed by atoms with van der Waals surface area (Å²) in [6.45, 7) is 0. The number of benzene rings is 1. The second-order valence-corrected chi connectivity index (χ2v) is 5.86. The summed E-state index contributed by atoms with van der Waals surface area (Å²) in [6, 6.07) is 5.96. The molecule has 0 aromatic heterocycles. The van der Waals surface area contributed by atoms with Crippen LogP contribution in [0.2, 0.25) is 0 Å². The van der Waals surface area contributed by atoms with Crippen LogP contribution in [0.25, 0.3) is 0 Å². The number of nitrogens with zero attached hydrogens (tertiary/aromatic N) is 1. The Labute approximate surface area is 112 Å². The maximum absolute atomic E-state index is 11.8. The van der Waals surface area contributed by atoms with Gasteiger partial charge in [-0.3, -0.25) is 4.79 Å². The summed E-state index contributed by atoms with van der Waals surface area (Å²) >= 11 is 1.96. The van der Waals surface area contributed by atoms with Crippen LogP contribution in [0.1, 0.15) is 16.8 Å². The number of carbonyl (C=O) groups is 1. The van der Waals surface area contributed by atoms with E-state index in [9.17, 15) is 4.79 Å². The van der Waals surface area contributed by atoms with Crippen molar-refractivity contribution in [1.29, 1.82) is 0 Å². The average molecular weight is 265 g/mol. The van der Waals surface area contributed by atoms with Gasteiger partial charge >= 0.3 is 0 Å². The van der Waals surface area contributed by atoms with Gasteiger partial charge in [0.1, 0.15) is 0 Å². The maximum atomic E-state index is 11.8. The molecule has 0 spiro atoms. The highest BCUT2D eigenvalue weighted by molar-refractivity contribution is 7.99. The summed E-state index contributed by atoms with van der Waals surface area (Å²) in [5.41, 5.74) is 8.19. The minimum atomic E-state index is -0.0235. The SMILES string of the molecule is CN(C)C(=O)c1ccc(NC2CCSC2)c(N)c1. The molecule has 0 saturated carbocycles. The van der Waals surface area contributed by atoms with Crippen molar-refractivity contribution in [2.75, 3.05) is 36.7 Å². The van der Waals surface area contributed by atoms with E-state index in [1.54, 1.807) is 25.1 Å². The summed E-state index contributed by atoms with van der Waals surface area (Å²) < 4.78 is 0. The molecule has 1 aliphatic rings. The first kappa shape index (κ1) is 13.1. The van der Waals surface area contributed by atoms with E-state index in [4.69, 9.17) is 5.73 Å². The minimum Gasteiger partial charge on any atom is -0.397 e. The molecule has 1 aromatic rings. The Hall–Kier alpha value is -1.36. The molecule has 5 heteroatoms. The number of hydrogen-bond donors (Lipinski definition) is 2. The first-order chi connectivity index (χ1) is 8.58. The number of anilines is 2. The number of rotatable bonds is 3. The number of thioether (sulfide) groups is 1. The molecule has 0 aliphatic carbocycles. The molecule has 1 aliphatic heterocycles. The van der Waals surface area contributed by atoms with Gasteiger partial charge in [0.15, 0.2) is 0 Å². The molecule has 4 nitrogen and oxygen atoms in total. The van der Waals surface area contributed by atoms with Gasteiger partial charge in [0, 0.05) is 31.5 Å². The van der Waals surface area contributed by atoms with E-state index in [-0.39, 0.29) is 5.91 Å². The normalized spacial score (nSPS) is 18.7. The number of hydrogen-bond acceptors (Lipinski definition) is 4. The standard InChI is InChI=1S/C13H19N3OS/c1-16(2)13(17)9-3-4-12(11(14)7-9)15-10-5-6-18-8-10/h3-4,7,10,15H,5-6,8,14H2,1-2H3. The van der Waals surface area contributed by atoms with Crippen LogP contribution in [0.5, 0.6) is 0 Å². The monoisotopic (exact) mass is 265 g/mol. The molecular formula is C13H19N3OS. The Balaban J connectivity index is 2.11. The van der Waals surface area contributed by atoms with E-state index in [1.807, 2.05) is 23.9 Å². The van der Waals surface area contributed by atoms with Crippen LogP contribution in [-0.2, 0) is 0 Å². The van der Waals surface area contributed by atoms with Gasteiger partial charge in [0.25, 0.3) is 5.91 Å². The number of nitrogens with one attached hydrogen (secondary N) is 1. The molecule has 98 valence electrons. The lowest BCUT2D eigenvalue weighted by atomic mass is 10.1. The average Bonchev–Trinajstić information content (AvgIpc) is 2.83. The highest BCUT2D eigenvalue weighted by Gasteiger charge is 2.16. The van der Waals surface area contributed by atoms with Crippen LogP contribution < -0.4 is 11.1 Å². The van der Waals surface area contributed by atoms with Crippen molar-refractivity contribution in [2.24, 2.45) is 0 Å². The predicted octanol–water partition coefficient (Wildman–Crippen LogP) is 1.89. The molecule has 1 aromatic carbocycles. The number of carbonyl (C=O) groups excluding carboxylic acids is 1. The summed E-state index contributed by atoms with van der Waals surface area (Å²) in [4.78, 5) is 13.4. The Kier molecular flexibility index (Phi) is 4.01. The largest absolute Gasteiger partial charge is 0.397 e. The van der Waals surface area contributed by atoms with E-state index < -0.39 is 0 Å². The second-order valence-electron chi connectivity index (χ2n) is 4.71. The fourth-order valence-electron chi connectivity index (χ4n) is 1.95. The van der Waals surface area contributed by atoms with Crippen LogP contribution in [0, 0.1) is 0 Å². The summed E-state index contributed by atoms with van der Waals surface area (Å²) in [7, 11) is 3.47. The maximum Gasteiger partial charge on any atom is 0.253 e. The van der Waals surface area contributed by atoms with Gasteiger partial charge in [-0.1, -0.05) is 0 Å². The fourth-order valence-corrected chi connectivity index (χ4v) is 3.11. The first-order valence-corrected chi connectivity index (χ1v) is 7.19. The molecule has 3 N–H and O–H groups in total. The zero-order valence-electron chi connectivity index (χ0n) is 10.8. The molecule has 1 heterocycles. The van der Waals surface area contributed by atoms with Crippen LogP contribution in [0.15, 0.2) is 18.2 Å². The lowest BCUT2D eigenvalue weighted by molar-refractivity contribution is 0.0827. The van der Waals surface area contributed by atoms with Crippen molar-refractivity contribution in [3.63, 3.8) is 0 Å². The molecule has 1 atom stereocenters. The van der Waals surface area contributed by atoms with Gasteiger partial charge in [-0.2, -0.15) is 11.8 Å². The van der Waals surface area contributed by atoms with Gasteiger partial charge in [-0.25, -0.2) is 0 Å². The Morgan fingerprint density at radius 1 is 1.50 bits per heavy atom. The van der Waals surface area contributed by atoms with E-state index >= 15 is 0 Å². The van der Waals surface area contributed by atoms with E-state index in [0.29, 0.717) is 17.3 Å². The summed E-state index contributed by atoms with van der Waals surface area (Å²) in [5.74, 6) is 2.30. The molecule has 1 saturated heterocycles. The Morgan fingerprint density at radius 3 is 2.83 bits per heavy atom. The van der Waals surface area contributed by atoms with Crippen molar-refractivity contribution in [3.05, 3.63) is 23.8 Å². The van der Waals surface area contributed by atoms with Crippen molar-refractivity contribution in [3.8, 4) is 0 Å². The van der Waals surface area contributed by atoms with Crippen LogP contribution in [-0.4, -0.2) is 42.4 Å². The number of nitrogens with two attached hydrogens (primary N) is 1. The first-order valence-electron chi connectivity index (χ1n) is 6.03. The Morgan fingerprint density at radius 2 is 2.28 bits per heavy atom. The highest BCUT2D eigenvalue weighted by atomic mass is 32.2. The van der Waals surface area contributed by atoms with Gasteiger partial charge in [-0.15, -0.1) is 0 Å². The van der Waals surface area contributed by atoms with Crippen molar-refractivity contribution >= 4 is 29.0 Å². The van der Waals surface area contributed by atoms with E-state index in [2.05, 4.69) is 5.32 Å². The summed E-state index contributed by atoms with van der Waals surface area (Å²) in [6.07, 6.45) is 1.17. The third-order valence-corrected chi connectivity index (χ3v) is 4.16. The summed E-state index contributed by atoms with van der Waals surface area (Å²) in [5, 5.41) is 3.43. The van der Waals surface area contributed by atoms with E-state index in [0.717, 1.165) is 11.4 Å². The second kappa shape index (κ2) is 5.52. The van der Waals surface area contributed by atoms with Crippen molar-refractivity contribution in [1.82, 2.24) is 4.90 Å². The smallest absolute Gasteiger partial charge is 0.253 e. The van der Waals surface area contributed by atoms with Gasteiger partial charge in [0.2, 0.25) is 0 Å². The minimum absolute atomic E-state index is 0.0235. The zero-order chi connectivity index (χ0) is 13.1. The van der Waals surface area contributed by atoms with Crippen LogP contribution >= 0.6 is 11.8 Å². The van der Waals surface area contributed by atoms with Gasteiger partial charge in [-0.05, 0) is 30.4 Å². The molecule has 1 fully saturated rings. The molecule has 18 heavy (non-hydrogen) atoms. The van der Waals surface area contributed by atoms with Crippen LogP contribution in [0.3, 0.4) is 0 Å². The topological polar surface area (TPSA) is 58.4 Å². The lowest BCUT2D eigenvalue weighted by Gasteiger charge is -2.16. The molecule has 0 radical (unpaired) electrons. The molecule has 2 rings (SSSR count). The highest BCUT2D eigenvalue weighted by Crippen LogP contribution is 2.26. The third-order valence-electron chi connectivity index (χ3n) is 2.99. The molecule has 1 amide bonds. The van der Waals surface area contributed by atoms with Crippen LogP contribution in [0.4, 0.5) is 11.4 Å². The Bertz CT molecular complexity index is 442. The quantitative estimate of drug-likeness (QED) is 0.819. The van der Waals surface area contributed by atoms with Gasteiger partial charge in [0.05, 0.1) is 11.4 Å². The van der Waals surface area contributed by atoms with Gasteiger partial charge < -0.3 is 16.0 Å². The molecule has 1 unspecified atom stereocenters. The lowest BCUT2D eigenvalue weighted by Crippen LogP contribution is -2.22. The van der Waals surface area contributed by atoms with Crippen molar-refractivity contribution < 1.29 is 4.79 Å². The molecular weight excluding hydrogens is 246 g/mol. The zero-order valence-corrected chi connectivity index (χ0v) is 11.6. The third kappa shape index (κ3) is 2.90. The van der Waals surface area contributed by atoms with Crippen molar-refractivity contribution in [2.45, 2.75) is 12.5 Å². The van der Waals surface area contributed by atoms with E-state index in [1.165, 1.54) is 12.2 Å².